The maximum atomic E-state index is 12.6. The molecule has 2 amide bonds. The summed E-state index contributed by atoms with van der Waals surface area (Å²) in [6.45, 7) is 6.34. The monoisotopic (exact) mass is 560 g/mol. The quantitative estimate of drug-likeness (QED) is 0.319. The van der Waals surface area contributed by atoms with E-state index in [2.05, 4.69) is 46.9 Å². The van der Waals surface area contributed by atoms with Crippen molar-refractivity contribution in [2.75, 3.05) is 16.4 Å². The molecule has 1 heterocycles. The molecule has 1 aromatic heterocycles. The van der Waals surface area contributed by atoms with Crippen molar-refractivity contribution in [3.8, 4) is 5.69 Å². The molecule has 8 nitrogen and oxygen atoms in total. The molecule has 4 rings (SSSR count). The number of nitrogens with one attached hydrogen (secondary N) is 2. The summed E-state index contributed by atoms with van der Waals surface area (Å²) in [5.74, 6) is -0.134. The third-order valence-electron chi connectivity index (χ3n) is 6.30. The largest absolute Gasteiger partial charge is 0.326 e. The zero-order chi connectivity index (χ0) is 26.6. The first-order valence-corrected chi connectivity index (χ1v) is 14.0. The van der Waals surface area contributed by atoms with Crippen molar-refractivity contribution >= 4 is 58.2 Å². The Morgan fingerprint density at radius 2 is 1.78 bits per heavy atom. The molecule has 3 aromatic rings. The highest BCUT2D eigenvalue weighted by molar-refractivity contribution is 7.99. The maximum absolute atomic E-state index is 12.6. The molecule has 11 heteroatoms. The zero-order valence-electron chi connectivity index (χ0n) is 21.1. The van der Waals surface area contributed by atoms with Crippen molar-refractivity contribution in [3.63, 3.8) is 0 Å². The van der Waals surface area contributed by atoms with E-state index >= 15 is 0 Å². The molecule has 2 N–H and O–H groups in total. The van der Waals surface area contributed by atoms with Crippen molar-refractivity contribution < 1.29 is 9.59 Å². The Morgan fingerprint density at radius 1 is 1.03 bits per heavy atom. The van der Waals surface area contributed by atoms with E-state index in [0.717, 1.165) is 31.2 Å². The SMILES string of the molecule is CC(C)(C)c1ccc(-n2nnnc2SCC(=O)Nc2ccc(NC(=O)C3CCCCC3)cc2Cl)c(Cl)c1. The van der Waals surface area contributed by atoms with E-state index in [1.54, 1.807) is 18.2 Å². The lowest BCUT2D eigenvalue weighted by atomic mass is 9.87. The highest BCUT2D eigenvalue weighted by atomic mass is 35.5. The van der Waals surface area contributed by atoms with Crippen LogP contribution in [0.15, 0.2) is 41.6 Å². The lowest BCUT2D eigenvalue weighted by molar-refractivity contribution is -0.120. The first-order valence-electron chi connectivity index (χ1n) is 12.2. The van der Waals surface area contributed by atoms with Crippen LogP contribution in [0.3, 0.4) is 0 Å². The Balaban J connectivity index is 1.35. The van der Waals surface area contributed by atoms with Crippen LogP contribution < -0.4 is 10.6 Å². The fourth-order valence-corrected chi connectivity index (χ4v) is 5.36. The lowest BCUT2D eigenvalue weighted by Gasteiger charge is -2.21. The topological polar surface area (TPSA) is 102 Å². The summed E-state index contributed by atoms with van der Waals surface area (Å²) in [4.78, 5) is 25.1. The summed E-state index contributed by atoms with van der Waals surface area (Å²) in [5, 5.41) is 18.9. The molecular formula is C26H30Cl2N6O2S. The number of halogens is 2. The number of benzene rings is 2. The van der Waals surface area contributed by atoms with Crippen molar-refractivity contribution in [1.29, 1.82) is 0 Å². The molecule has 2 aromatic carbocycles. The van der Waals surface area contributed by atoms with E-state index in [1.165, 1.54) is 22.9 Å². The summed E-state index contributed by atoms with van der Waals surface area (Å²) in [7, 11) is 0. The molecule has 0 atom stereocenters. The Kier molecular flexibility index (Phi) is 8.77. The van der Waals surface area contributed by atoms with Gasteiger partial charge in [0.05, 0.1) is 27.2 Å². The van der Waals surface area contributed by atoms with Gasteiger partial charge in [-0.15, -0.1) is 5.10 Å². The number of tetrazole rings is 1. The molecule has 1 aliphatic carbocycles. The van der Waals surface area contributed by atoms with Crippen LogP contribution in [-0.4, -0.2) is 37.8 Å². The van der Waals surface area contributed by atoms with Crippen LogP contribution in [0, 0.1) is 5.92 Å². The summed E-state index contributed by atoms with van der Waals surface area (Å²) < 4.78 is 1.52. The summed E-state index contributed by atoms with van der Waals surface area (Å²) >= 11 is 14.1. The number of nitrogens with zero attached hydrogens (tertiary/aromatic N) is 4. The number of hydrogen-bond donors (Lipinski definition) is 2. The second kappa shape index (κ2) is 11.8. The number of thioether (sulfide) groups is 1. The predicted octanol–water partition coefficient (Wildman–Crippen LogP) is 6.52. The summed E-state index contributed by atoms with van der Waals surface area (Å²) in [6.07, 6.45) is 5.21. The Labute approximate surface area is 230 Å². The first kappa shape index (κ1) is 27.4. The Hall–Kier alpha value is -2.62. The normalized spacial score (nSPS) is 14.4. The van der Waals surface area contributed by atoms with Crippen molar-refractivity contribution in [2.24, 2.45) is 5.92 Å². The molecular weight excluding hydrogens is 531 g/mol. The van der Waals surface area contributed by atoms with Gasteiger partial charge in [-0.3, -0.25) is 9.59 Å². The van der Waals surface area contributed by atoms with Gasteiger partial charge in [-0.25, -0.2) is 0 Å². The number of hydrogen-bond acceptors (Lipinski definition) is 6. The molecule has 0 saturated heterocycles. The van der Waals surface area contributed by atoms with Gasteiger partial charge in [0.25, 0.3) is 0 Å². The van der Waals surface area contributed by atoms with E-state index in [0.29, 0.717) is 32.3 Å². The van der Waals surface area contributed by atoms with E-state index in [-0.39, 0.29) is 28.9 Å². The molecule has 0 radical (unpaired) electrons. The molecule has 37 heavy (non-hydrogen) atoms. The van der Waals surface area contributed by atoms with Gasteiger partial charge in [0, 0.05) is 11.6 Å². The van der Waals surface area contributed by atoms with Gasteiger partial charge in [-0.05, 0) is 64.6 Å². The van der Waals surface area contributed by atoms with Crippen LogP contribution >= 0.6 is 35.0 Å². The van der Waals surface area contributed by atoms with E-state index in [1.807, 2.05) is 18.2 Å². The zero-order valence-corrected chi connectivity index (χ0v) is 23.4. The van der Waals surface area contributed by atoms with Crippen LogP contribution in [0.4, 0.5) is 11.4 Å². The molecule has 1 aliphatic rings. The van der Waals surface area contributed by atoms with E-state index < -0.39 is 0 Å². The lowest BCUT2D eigenvalue weighted by Crippen LogP contribution is -2.24. The van der Waals surface area contributed by atoms with Crippen molar-refractivity contribution in [2.45, 2.75) is 63.4 Å². The second-order valence-electron chi connectivity index (χ2n) is 10.1. The van der Waals surface area contributed by atoms with Crippen molar-refractivity contribution in [1.82, 2.24) is 20.2 Å². The Morgan fingerprint density at radius 3 is 2.46 bits per heavy atom. The van der Waals surface area contributed by atoms with Gasteiger partial charge in [0.1, 0.15) is 0 Å². The smallest absolute Gasteiger partial charge is 0.234 e. The summed E-state index contributed by atoms with van der Waals surface area (Å²) in [5.41, 5.74) is 2.76. The molecule has 196 valence electrons. The molecule has 0 spiro atoms. The fraction of sp³-hybridized carbons (Fsp3) is 0.423. The van der Waals surface area contributed by atoms with Crippen LogP contribution in [0.2, 0.25) is 10.0 Å². The van der Waals surface area contributed by atoms with Gasteiger partial charge in [0.15, 0.2) is 0 Å². The van der Waals surface area contributed by atoms with Crippen molar-refractivity contribution in [3.05, 3.63) is 52.0 Å². The minimum absolute atomic E-state index is 0.0230. The highest BCUT2D eigenvalue weighted by Crippen LogP contribution is 2.31. The fourth-order valence-electron chi connectivity index (χ4n) is 4.19. The number of carbonyl (C=O) groups is 2. The van der Waals surface area contributed by atoms with Crippen LogP contribution in [0.25, 0.3) is 5.69 Å². The predicted molar refractivity (Wildman–Crippen MR) is 149 cm³/mol. The average molecular weight is 562 g/mol. The minimum Gasteiger partial charge on any atom is -0.326 e. The summed E-state index contributed by atoms with van der Waals surface area (Å²) in [6, 6.07) is 10.8. The van der Waals surface area contributed by atoms with E-state index in [4.69, 9.17) is 23.2 Å². The molecule has 0 bridgehead atoms. The Bertz CT molecular complexity index is 1280. The average Bonchev–Trinajstić information content (AvgIpc) is 3.32. The van der Waals surface area contributed by atoms with Gasteiger partial charge in [0.2, 0.25) is 17.0 Å². The van der Waals surface area contributed by atoms with Gasteiger partial charge < -0.3 is 10.6 Å². The highest BCUT2D eigenvalue weighted by Gasteiger charge is 2.22. The number of amides is 2. The number of rotatable bonds is 7. The minimum atomic E-state index is -0.269. The molecule has 0 unspecified atom stereocenters. The molecule has 1 fully saturated rings. The number of aromatic nitrogens is 4. The third-order valence-corrected chi connectivity index (χ3v) is 7.84. The van der Waals surface area contributed by atoms with Gasteiger partial charge >= 0.3 is 0 Å². The molecule has 0 aliphatic heterocycles. The molecule has 1 saturated carbocycles. The first-order chi connectivity index (χ1) is 17.6. The van der Waals surface area contributed by atoms with Crippen LogP contribution in [0.1, 0.15) is 58.4 Å². The van der Waals surface area contributed by atoms with Crippen LogP contribution in [-0.2, 0) is 15.0 Å². The maximum Gasteiger partial charge on any atom is 0.234 e. The standard InChI is InChI=1S/C26H30Cl2N6O2S/c1-26(2,3)17-9-12-22(20(28)13-17)34-25(31-32-33-34)37-15-23(35)30-21-11-10-18(14-19(21)27)29-24(36)16-7-5-4-6-8-16/h9-14,16H,4-8,15H2,1-3H3,(H,29,36)(H,30,35). The van der Waals surface area contributed by atoms with E-state index in [9.17, 15) is 9.59 Å². The number of anilines is 2. The van der Waals surface area contributed by atoms with Crippen LogP contribution in [0.5, 0.6) is 0 Å². The second-order valence-corrected chi connectivity index (χ2v) is 11.9. The number of carbonyl (C=O) groups excluding carboxylic acids is 2. The van der Waals surface area contributed by atoms with Gasteiger partial charge in [-0.1, -0.05) is 81.1 Å². The van der Waals surface area contributed by atoms with Gasteiger partial charge in [-0.2, -0.15) is 4.68 Å². The third kappa shape index (κ3) is 7.03.